The highest BCUT2D eigenvalue weighted by Gasteiger charge is 2.92. The van der Waals surface area contributed by atoms with Gasteiger partial charge in [0.15, 0.2) is 11.4 Å². The molecule has 40 heavy (non-hydrogen) atoms. The standard InChI is InChI=1S/C31H31NO6SSi/c1-8-17-34-26(33)32-23-15-14-21(37-40(6,7)28(3,4)5)19-22(23)31-29-16-12-10-9-11-13-24(32)30(31,38-31)20(2)18-25(29)35-27(39)36-29/h8-10,14-15,18-20,24H,1,17H2,2-7H3/b10-9-/t20-,24-,29-,30-,31-/m0/s1. The number of epoxide rings is 1. The quantitative estimate of drug-likeness (QED) is 0.150. The van der Waals surface area contributed by atoms with Crippen molar-refractivity contribution in [1.29, 1.82) is 0 Å². The molecule has 1 spiro atoms. The molecule has 4 bridgehead atoms. The summed E-state index contributed by atoms with van der Waals surface area (Å²) in [6.07, 6.45) is 6.19. The van der Waals surface area contributed by atoms with Crippen LogP contribution in [0.4, 0.5) is 10.5 Å². The van der Waals surface area contributed by atoms with Gasteiger partial charge in [-0.05, 0) is 60.5 Å². The number of hydrogen-bond acceptors (Lipinski definition) is 7. The van der Waals surface area contributed by atoms with Gasteiger partial charge in [0, 0.05) is 23.7 Å². The van der Waals surface area contributed by atoms with Crippen molar-refractivity contribution in [1.82, 2.24) is 0 Å². The number of hydrogen-bond donors (Lipinski definition) is 0. The smallest absolute Gasteiger partial charge is 0.415 e. The molecule has 7 nitrogen and oxygen atoms in total. The third-order valence-corrected chi connectivity index (χ3v) is 13.4. The average Bonchev–Trinajstić information content (AvgIpc) is 3.52. The topological polar surface area (TPSA) is 69.8 Å². The molecule has 0 radical (unpaired) electrons. The molecule has 1 aromatic rings. The molecule has 5 atom stereocenters. The Bertz CT molecular complexity index is 1550. The third-order valence-electron chi connectivity index (χ3n) is 8.87. The lowest BCUT2D eigenvalue weighted by Crippen LogP contribution is -2.64. The fraction of sp³-hybridized carbons (Fsp3) is 0.419. The first-order valence-electron chi connectivity index (χ1n) is 13.3. The first-order valence-corrected chi connectivity index (χ1v) is 16.6. The second-order valence-electron chi connectivity index (χ2n) is 12.1. The van der Waals surface area contributed by atoms with Crippen molar-refractivity contribution in [3.63, 3.8) is 0 Å². The molecule has 3 heterocycles. The van der Waals surface area contributed by atoms with Gasteiger partial charge in [0.25, 0.3) is 5.60 Å². The molecule has 6 rings (SSSR count). The molecule has 206 valence electrons. The van der Waals surface area contributed by atoms with Gasteiger partial charge in [0.05, 0.1) is 5.69 Å². The third kappa shape index (κ3) is 3.29. The Balaban J connectivity index is 1.64. The molecule has 9 heteroatoms. The molecule has 0 saturated carbocycles. The maximum absolute atomic E-state index is 13.7. The summed E-state index contributed by atoms with van der Waals surface area (Å²) < 4.78 is 31.5. The summed E-state index contributed by atoms with van der Waals surface area (Å²) >= 11 is 5.41. The van der Waals surface area contributed by atoms with Crippen molar-refractivity contribution in [3.8, 4) is 29.4 Å². The summed E-state index contributed by atoms with van der Waals surface area (Å²) in [7, 11) is -2.21. The van der Waals surface area contributed by atoms with E-state index in [1.54, 1.807) is 17.1 Å². The number of benzene rings is 1. The number of rotatable bonds is 4. The van der Waals surface area contributed by atoms with E-state index in [1.165, 1.54) is 6.08 Å². The minimum absolute atomic E-state index is 0.0257. The minimum atomic E-state index is -2.21. The molecule has 2 saturated heterocycles. The van der Waals surface area contributed by atoms with Gasteiger partial charge >= 0.3 is 11.3 Å². The maximum atomic E-state index is 13.7. The van der Waals surface area contributed by atoms with Crippen molar-refractivity contribution in [3.05, 3.63) is 60.4 Å². The van der Waals surface area contributed by atoms with Crippen molar-refractivity contribution in [2.75, 3.05) is 11.5 Å². The zero-order valence-corrected chi connectivity index (χ0v) is 25.2. The number of ether oxygens (including phenoxy) is 4. The number of anilines is 1. The normalized spacial score (nSPS) is 33.0. The lowest BCUT2D eigenvalue weighted by atomic mass is 9.60. The Morgan fingerprint density at radius 2 is 2.02 bits per heavy atom. The van der Waals surface area contributed by atoms with E-state index >= 15 is 0 Å². The van der Waals surface area contributed by atoms with Gasteiger partial charge in [-0.15, -0.1) is 0 Å². The molecule has 1 amide bonds. The molecule has 2 aliphatic carbocycles. The summed E-state index contributed by atoms with van der Waals surface area (Å²) in [5, 5.41) is -0.0533. The number of carbonyl (C=O) groups excluding carboxylic acids is 1. The maximum Gasteiger partial charge on any atom is 0.415 e. The number of nitrogens with zero attached hydrogens (tertiary/aromatic N) is 1. The number of thiocarbonyl (C=S) groups is 1. The Morgan fingerprint density at radius 3 is 2.75 bits per heavy atom. The van der Waals surface area contributed by atoms with Gasteiger partial charge in [0.2, 0.25) is 8.32 Å². The largest absolute Gasteiger partial charge is 0.543 e. The molecular formula is C31H31NO6SSi. The van der Waals surface area contributed by atoms with E-state index < -0.39 is 37.3 Å². The van der Waals surface area contributed by atoms with Crippen molar-refractivity contribution in [2.24, 2.45) is 5.92 Å². The average molecular weight is 574 g/mol. The molecule has 2 fully saturated rings. The van der Waals surface area contributed by atoms with Crippen LogP contribution < -0.4 is 9.33 Å². The monoisotopic (exact) mass is 573 g/mol. The Morgan fingerprint density at radius 1 is 1.27 bits per heavy atom. The number of carbonyl (C=O) groups is 1. The van der Waals surface area contributed by atoms with E-state index in [0.29, 0.717) is 22.8 Å². The van der Waals surface area contributed by atoms with Crippen LogP contribution in [0.3, 0.4) is 0 Å². The summed E-state index contributed by atoms with van der Waals surface area (Å²) in [4.78, 5) is 15.3. The summed E-state index contributed by atoms with van der Waals surface area (Å²) in [6, 6.07) is 4.96. The Kier molecular flexibility index (Phi) is 5.67. The lowest BCUT2D eigenvalue weighted by molar-refractivity contribution is 0.0696. The number of fused-ring (bicyclic) bond motifs is 1. The van der Waals surface area contributed by atoms with Crippen LogP contribution in [0.5, 0.6) is 5.75 Å². The van der Waals surface area contributed by atoms with Crippen molar-refractivity contribution < 1.29 is 28.2 Å². The van der Waals surface area contributed by atoms with Gasteiger partial charge in [-0.1, -0.05) is 58.1 Å². The van der Waals surface area contributed by atoms with E-state index in [4.69, 9.17) is 35.6 Å². The van der Waals surface area contributed by atoms with E-state index in [9.17, 15) is 4.79 Å². The fourth-order valence-electron chi connectivity index (χ4n) is 6.00. The predicted octanol–water partition coefficient (Wildman–Crippen LogP) is 5.73. The number of allylic oxidation sites excluding steroid dienone is 2. The highest BCUT2D eigenvalue weighted by Crippen LogP contribution is 2.76. The van der Waals surface area contributed by atoms with Gasteiger partial charge in [0.1, 0.15) is 24.0 Å². The molecule has 0 N–H and O–H groups in total. The number of amides is 1. The van der Waals surface area contributed by atoms with Crippen molar-refractivity contribution >= 4 is 37.6 Å². The van der Waals surface area contributed by atoms with Gasteiger partial charge < -0.3 is 23.4 Å². The molecule has 5 aliphatic rings. The van der Waals surface area contributed by atoms with Crippen LogP contribution >= 0.6 is 12.2 Å². The zero-order valence-electron chi connectivity index (χ0n) is 23.4. The molecular weight excluding hydrogens is 542 g/mol. The summed E-state index contributed by atoms with van der Waals surface area (Å²) in [6.45, 7) is 16.7. The van der Waals surface area contributed by atoms with Crippen LogP contribution in [0, 0.1) is 29.6 Å². The van der Waals surface area contributed by atoms with Crippen LogP contribution in [0.15, 0.2) is 54.8 Å². The highest BCUT2D eigenvalue weighted by atomic mass is 32.1. The second kappa shape index (κ2) is 8.50. The predicted molar refractivity (Wildman–Crippen MR) is 157 cm³/mol. The van der Waals surface area contributed by atoms with Crippen LogP contribution in [0.1, 0.15) is 33.3 Å². The second-order valence-corrected chi connectivity index (χ2v) is 17.2. The van der Waals surface area contributed by atoms with E-state index in [1.807, 2.05) is 31.2 Å². The molecule has 3 aliphatic heterocycles. The molecule has 0 aromatic heterocycles. The molecule has 1 aromatic carbocycles. The van der Waals surface area contributed by atoms with Crippen LogP contribution in [0.25, 0.3) is 0 Å². The van der Waals surface area contributed by atoms with E-state index in [0.717, 1.165) is 0 Å². The van der Waals surface area contributed by atoms with E-state index in [2.05, 4.69) is 64.1 Å². The van der Waals surface area contributed by atoms with Crippen molar-refractivity contribution in [2.45, 2.75) is 68.7 Å². The van der Waals surface area contributed by atoms with E-state index in [-0.39, 0.29) is 22.8 Å². The zero-order chi connectivity index (χ0) is 28.7. The first-order chi connectivity index (χ1) is 18.8. The lowest BCUT2D eigenvalue weighted by Gasteiger charge is -2.46. The summed E-state index contributed by atoms with van der Waals surface area (Å²) in [5.41, 5.74) is -2.33. The van der Waals surface area contributed by atoms with Gasteiger partial charge in [-0.2, -0.15) is 0 Å². The Labute approximate surface area is 241 Å². The molecule has 0 unspecified atom stereocenters. The Hall–Kier alpha value is -3.50. The summed E-state index contributed by atoms with van der Waals surface area (Å²) in [5.74, 6) is 13.6. The van der Waals surface area contributed by atoms with Crippen LogP contribution in [-0.2, 0) is 24.5 Å². The van der Waals surface area contributed by atoms with Crippen LogP contribution in [0.2, 0.25) is 18.1 Å². The van der Waals surface area contributed by atoms with Gasteiger partial charge in [-0.3, -0.25) is 4.90 Å². The SMILES string of the molecule is C=CCOC(=O)N1c2ccc(O[Si](C)(C)C(C)(C)C)cc2[C@@]23O[C@@]24[C@@H]1C#C/C=C\C#C[C@@]31OC(=S)OC1=C[C@@H]4C. The van der Waals surface area contributed by atoms with Gasteiger partial charge in [-0.25, -0.2) is 4.79 Å². The minimum Gasteiger partial charge on any atom is -0.543 e. The first kappa shape index (κ1) is 26.7. The highest BCUT2D eigenvalue weighted by molar-refractivity contribution is 7.79. The fourth-order valence-corrected chi connectivity index (χ4v) is 7.24. The van der Waals surface area contributed by atoms with Crippen LogP contribution in [-0.4, -0.2) is 43.5 Å².